The van der Waals surface area contributed by atoms with Gasteiger partial charge in [0.05, 0.1) is 18.0 Å². The Morgan fingerprint density at radius 2 is 1.85 bits per heavy atom. The molecule has 2 atom stereocenters. The zero-order chi connectivity index (χ0) is 19.4. The monoisotopic (exact) mass is 357 g/mol. The molecule has 2 aromatic rings. The molecule has 4 rings (SSSR count). The Kier molecular flexibility index (Phi) is 3.82. The van der Waals surface area contributed by atoms with Gasteiger partial charge in [0.2, 0.25) is 5.70 Å². The van der Waals surface area contributed by atoms with E-state index >= 15 is 0 Å². The van der Waals surface area contributed by atoms with E-state index in [1.54, 1.807) is 0 Å². The molecular formula is C23H23N3O. The fourth-order valence-electron chi connectivity index (χ4n) is 5.07. The van der Waals surface area contributed by atoms with Crippen molar-refractivity contribution in [3.05, 3.63) is 70.6 Å². The van der Waals surface area contributed by atoms with Crippen molar-refractivity contribution in [1.29, 1.82) is 0 Å². The van der Waals surface area contributed by atoms with Crippen molar-refractivity contribution in [3.63, 3.8) is 0 Å². The number of allylic oxidation sites excluding steroid dienone is 2. The number of carbonyl (C=O) groups excluding carboxylic acids is 1. The Morgan fingerprint density at radius 3 is 2.52 bits per heavy atom. The molecule has 1 heterocycles. The molecule has 0 aliphatic heterocycles. The number of fused-ring (bicyclic) bond motifs is 3. The molecule has 4 nitrogen and oxygen atoms in total. The normalized spacial score (nSPS) is 25.8. The third-order valence-electron chi connectivity index (χ3n) is 6.33. The number of benzene rings is 1. The van der Waals surface area contributed by atoms with E-state index in [1.807, 2.05) is 45.0 Å². The van der Waals surface area contributed by atoms with Gasteiger partial charge in [-0.3, -0.25) is 0 Å². The van der Waals surface area contributed by atoms with Crippen LogP contribution in [-0.2, 0) is 16.6 Å². The number of ketones is 1. The summed E-state index contributed by atoms with van der Waals surface area (Å²) >= 11 is 0. The van der Waals surface area contributed by atoms with Crippen LogP contribution < -0.4 is 0 Å². The molecular weight excluding hydrogens is 334 g/mol. The average Bonchev–Trinajstić information content (AvgIpc) is 2.65. The lowest BCUT2D eigenvalue weighted by Crippen LogP contribution is -2.51. The molecule has 0 amide bonds. The maximum Gasteiger partial charge on any atom is 0.226 e. The molecule has 1 aromatic carbocycles. The van der Waals surface area contributed by atoms with Gasteiger partial charge in [-0.2, -0.15) is 0 Å². The van der Waals surface area contributed by atoms with Crippen LogP contribution in [0.4, 0.5) is 0 Å². The fraction of sp³-hybridized carbons (Fsp3) is 0.391. The van der Waals surface area contributed by atoms with Gasteiger partial charge in [0.25, 0.3) is 0 Å². The van der Waals surface area contributed by atoms with Crippen LogP contribution in [0.25, 0.3) is 16.1 Å². The molecule has 0 radical (unpaired) electrons. The highest BCUT2D eigenvalue weighted by atomic mass is 16.1. The third kappa shape index (κ3) is 2.45. The Hall–Kier alpha value is -2.80. The van der Waals surface area contributed by atoms with Crippen LogP contribution in [0.15, 0.2) is 42.1 Å². The van der Waals surface area contributed by atoms with Gasteiger partial charge in [-0.1, -0.05) is 57.2 Å². The van der Waals surface area contributed by atoms with E-state index in [0.29, 0.717) is 0 Å². The quantitative estimate of drug-likeness (QED) is 0.696. The maximum atomic E-state index is 12.8. The summed E-state index contributed by atoms with van der Waals surface area (Å²) in [5.41, 5.74) is 3.41. The minimum atomic E-state index is -0.577. The molecule has 136 valence electrons. The van der Waals surface area contributed by atoms with Crippen LogP contribution in [0.5, 0.6) is 0 Å². The van der Waals surface area contributed by atoms with Gasteiger partial charge in [-0.05, 0) is 25.7 Å². The van der Waals surface area contributed by atoms with Crippen molar-refractivity contribution >= 4 is 5.78 Å². The van der Waals surface area contributed by atoms with Gasteiger partial charge >= 0.3 is 0 Å². The van der Waals surface area contributed by atoms with E-state index in [0.717, 1.165) is 41.2 Å². The number of aromatic nitrogens is 2. The summed E-state index contributed by atoms with van der Waals surface area (Å²) in [5, 5.41) is 0. The molecule has 0 fully saturated rings. The predicted octanol–water partition coefficient (Wildman–Crippen LogP) is 4.68. The Bertz CT molecular complexity index is 1010. The zero-order valence-electron chi connectivity index (χ0n) is 16.2. The first-order valence-corrected chi connectivity index (χ1v) is 9.37. The Balaban J connectivity index is 2.01. The lowest BCUT2D eigenvalue weighted by molar-refractivity contribution is -0.128. The van der Waals surface area contributed by atoms with Gasteiger partial charge in [0, 0.05) is 22.0 Å². The smallest absolute Gasteiger partial charge is 0.226 e. The van der Waals surface area contributed by atoms with E-state index in [1.165, 1.54) is 0 Å². The van der Waals surface area contributed by atoms with Crippen molar-refractivity contribution in [2.75, 3.05) is 0 Å². The minimum absolute atomic E-state index is 0.0440. The second kappa shape index (κ2) is 5.85. The topological polar surface area (TPSA) is 47.2 Å². The summed E-state index contributed by atoms with van der Waals surface area (Å²) in [4.78, 5) is 26.0. The summed E-state index contributed by atoms with van der Waals surface area (Å²) in [6.45, 7) is 15.5. The molecule has 0 saturated carbocycles. The standard InChI is InChI=1S/C23H23N3O/c1-14-25-19(15-9-7-6-8-10-15)16-11-12-18-22(2,3)21(27)17(24-5)13-23(18,4)20(16)26-14/h6-10,13,18H,11-12H2,1-4H3/t18-,23-/m0/s1. The number of hydrogen-bond donors (Lipinski definition) is 0. The molecule has 0 N–H and O–H groups in total. The summed E-state index contributed by atoms with van der Waals surface area (Å²) in [6.07, 6.45) is 3.60. The van der Waals surface area contributed by atoms with Crippen LogP contribution in [0, 0.1) is 24.8 Å². The molecule has 0 spiro atoms. The highest BCUT2D eigenvalue weighted by molar-refractivity contribution is 6.02. The third-order valence-corrected chi connectivity index (χ3v) is 6.33. The maximum absolute atomic E-state index is 12.8. The van der Waals surface area contributed by atoms with Crippen LogP contribution in [-0.4, -0.2) is 15.8 Å². The number of hydrogen-bond acceptors (Lipinski definition) is 3. The van der Waals surface area contributed by atoms with Gasteiger partial charge in [0.15, 0.2) is 5.78 Å². The molecule has 0 bridgehead atoms. The van der Waals surface area contributed by atoms with Crippen LogP contribution in [0.1, 0.15) is 44.3 Å². The molecule has 4 heteroatoms. The number of aryl methyl sites for hydroxylation is 1. The van der Waals surface area contributed by atoms with Gasteiger partial charge < -0.3 is 4.79 Å². The zero-order valence-corrected chi connectivity index (χ0v) is 16.2. The number of Topliss-reactive ketones (excluding diaryl/α,β-unsaturated/α-hetero) is 1. The van der Waals surface area contributed by atoms with Gasteiger partial charge in [-0.15, -0.1) is 0 Å². The summed E-state index contributed by atoms with van der Waals surface area (Å²) in [5.74, 6) is 0.799. The summed E-state index contributed by atoms with van der Waals surface area (Å²) in [7, 11) is 0. The van der Waals surface area contributed by atoms with Crippen molar-refractivity contribution < 1.29 is 4.79 Å². The van der Waals surface area contributed by atoms with Gasteiger partial charge in [-0.25, -0.2) is 14.8 Å². The number of nitrogens with zero attached hydrogens (tertiary/aromatic N) is 3. The molecule has 27 heavy (non-hydrogen) atoms. The SMILES string of the molecule is [C-]#[N+]C1=C[C@]2(C)c3nc(C)nc(-c4ccccc4)c3CC[C@H]2C(C)(C)C1=O. The average molecular weight is 357 g/mol. The largest absolute Gasteiger partial charge is 0.307 e. The van der Waals surface area contributed by atoms with Crippen molar-refractivity contribution in [2.24, 2.45) is 11.3 Å². The summed E-state index contributed by atoms with van der Waals surface area (Å²) in [6, 6.07) is 10.2. The van der Waals surface area contributed by atoms with E-state index in [-0.39, 0.29) is 17.4 Å². The Labute approximate surface area is 160 Å². The lowest BCUT2D eigenvalue weighted by atomic mass is 9.53. The highest BCUT2D eigenvalue weighted by Gasteiger charge is 2.54. The Morgan fingerprint density at radius 1 is 1.15 bits per heavy atom. The first kappa shape index (κ1) is 17.6. The van der Waals surface area contributed by atoms with E-state index in [2.05, 4.69) is 23.9 Å². The van der Waals surface area contributed by atoms with Crippen LogP contribution in [0.3, 0.4) is 0 Å². The van der Waals surface area contributed by atoms with Crippen molar-refractivity contribution in [2.45, 2.75) is 46.0 Å². The first-order valence-electron chi connectivity index (χ1n) is 9.37. The van der Waals surface area contributed by atoms with E-state index in [4.69, 9.17) is 16.5 Å². The molecule has 2 aliphatic rings. The second-order valence-corrected chi connectivity index (χ2v) is 8.38. The second-order valence-electron chi connectivity index (χ2n) is 8.38. The van der Waals surface area contributed by atoms with Crippen molar-refractivity contribution in [3.8, 4) is 11.3 Å². The number of rotatable bonds is 1. The van der Waals surface area contributed by atoms with E-state index < -0.39 is 10.8 Å². The molecule has 1 aromatic heterocycles. The van der Waals surface area contributed by atoms with E-state index in [9.17, 15) is 4.79 Å². The first-order chi connectivity index (χ1) is 12.8. The minimum Gasteiger partial charge on any atom is -0.307 e. The summed E-state index contributed by atoms with van der Waals surface area (Å²) < 4.78 is 0. The fourth-order valence-corrected chi connectivity index (χ4v) is 5.07. The molecule has 0 saturated heterocycles. The lowest BCUT2D eigenvalue weighted by Gasteiger charge is -2.50. The van der Waals surface area contributed by atoms with Crippen molar-refractivity contribution in [1.82, 2.24) is 9.97 Å². The number of carbonyl (C=O) groups is 1. The molecule has 0 unspecified atom stereocenters. The van der Waals surface area contributed by atoms with Crippen LogP contribution >= 0.6 is 0 Å². The highest BCUT2D eigenvalue weighted by Crippen LogP contribution is 2.55. The molecule has 2 aliphatic carbocycles. The van der Waals surface area contributed by atoms with Crippen LogP contribution in [0.2, 0.25) is 0 Å². The predicted molar refractivity (Wildman–Crippen MR) is 105 cm³/mol. The van der Waals surface area contributed by atoms with Gasteiger partial charge in [0.1, 0.15) is 5.82 Å².